The molecule has 2 aliphatic rings. The normalized spacial score (nSPS) is 54.2. The zero-order valence-electron chi connectivity index (χ0n) is 5.10. The summed E-state index contributed by atoms with van der Waals surface area (Å²) in [5, 5.41) is 8.64. The van der Waals surface area contributed by atoms with Crippen LogP contribution in [0.3, 0.4) is 0 Å². The van der Waals surface area contributed by atoms with Crippen LogP contribution < -0.4 is 0 Å². The maximum Gasteiger partial charge on any atom is 0.134 e. The Bertz CT molecular complexity index is 184. The third kappa shape index (κ3) is 0.602. The first-order valence-corrected chi connectivity index (χ1v) is 3.74. The molecule has 2 heteroatoms. The van der Waals surface area contributed by atoms with Gasteiger partial charge < -0.3 is 0 Å². The summed E-state index contributed by atoms with van der Waals surface area (Å²) in [6.45, 7) is 0. The standard InChI is InChI=1S/C7H8ClN/c8-7(4-9)2-1-5-3-6(5)7/h5-6H,1-3H2. The summed E-state index contributed by atoms with van der Waals surface area (Å²) in [5.41, 5.74) is 0. The zero-order valence-corrected chi connectivity index (χ0v) is 5.86. The maximum atomic E-state index is 8.64. The van der Waals surface area contributed by atoms with Crippen molar-refractivity contribution < 1.29 is 0 Å². The van der Waals surface area contributed by atoms with E-state index in [0.717, 1.165) is 12.3 Å². The van der Waals surface area contributed by atoms with Gasteiger partial charge in [0.25, 0.3) is 0 Å². The number of fused-ring (bicyclic) bond motifs is 1. The molecule has 2 saturated carbocycles. The predicted octanol–water partition coefficient (Wildman–Crippen LogP) is 1.92. The minimum Gasteiger partial charge on any atom is -0.196 e. The molecule has 0 aromatic carbocycles. The SMILES string of the molecule is N#CC1(Cl)CCC2CC21. The molecule has 0 aliphatic heterocycles. The molecule has 0 aromatic rings. The number of nitrogens with zero attached hydrogens (tertiary/aromatic N) is 1. The van der Waals surface area contributed by atoms with Crippen LogP contribution in [-0.2, 0) is 0 Å². The molecule has 2 aliphatic carbocycles. The molecule has 0 aromatic heterocycles. The highest BCUT2D eigenvalue weighted by molar-refractivity contribution is 6.26. The van der Waals surface area contributed by atoms with Gasteiger partial charge in [0.2, 0.25) is 0 Å². The molecule has 0 bridgehead atoms. The fraction of sp³-hybridized carbons (Fsp3) is 0.857. The zero-order chi connectivity index (χ0) is 6.48. The van der Waals surface area contributed by atoms with E-state index in [4.69, 9.17) is 16.9 Å². The van der Waals surface area contributed by atoms with Gasteiger partial charge in [0.1, 0.15) is 4.87 Å². The average molecular weight is 142 g/mol. The molecule has 1 nitrogen and oxygen atoms in total. The van der Waals surface area contributed by atoms with Crippen molar-refractivity contribution in [1.29, 1.82) is 5.26 Å². The lowest BCUT2D eigenvalue weighted by molar-refractivity contribution is 0.643. The third-order valence-corrected chi connectivity index (χ3v) is 3.13. The lowest BCUT2D eigenvalue weighted by atomic mass is 10.1. The summed E-state index contributed by atoms with van der Waals surface area (Å²) >= 11 is 5.99. The lowest BCUT2D eigenvalue weighted by Gasteiger charge is -2.10. The minimum atomic E-state index is -0.454. The number of rotatable bonds is 0. The number of hydrogen-bond acceptors (Lipinski definition) is 1. The summed E-state index contributed by atoms with van der Waals surface area (Å²) in [6.07, 6.45) is 3.30. The van der Waals surface area contributed by atoms with Crippen molar-refractivity contribution in [1.82, 2.24) is 0 Å². The van der Waals surface area contributed by atoms with E-state index in [0.29, 0.717) is 5.92 Å². The Morgan fingerprint density at radius 2 is 2.44 bits per heavy atom. The topological polar surface area (TPSA) is 23.8 Å². The Kier molecular flexibility index (Phi) is 0.887. The van der Waals surface area contributed by atoms with Crippen molar-refractivity contribution in [3.63, 3.8) is 0 Å². The molecule has 3 atom stereocenters. The average Bonchev–Trinajstić information content (AvgIpc) is 2.58. The first kappa shape index (κ1) is 5.56. The largest absolute Gasteiger partial charge is 0.196 e. The molecular formula is C7H8ClN. The van der Waals surface area contributed by atoms with Gasteiger partial charge in [0.15, 0.2) is 0 Å². The molecule has 9 heavy (non-hydrogen) atoms. The molecule has 3 unspecified atom stereocenters. The van der Waals surface area contributed by atoms with Crippen LogP contribution in [0, 0.1) is 23.2 Å². The predicted molar refractivity (Wildman–Crippen MR) is 35.0 cm³/mol. The van der Waals surface area contributed by atoms with E-state index in [1.165, 1.54) is 12.8 Å². The quantitative estimate of drug-likeness (QED) is 0.473. The van der Waals surface area contributed by atoms with Gasteiger partial charge in [-0.15, -0.1) is 11.6 Å². The molecule has 0 spiro atoms. The molecular weight excluding hydrogens is 134 g/mol. The first-order chi connectivity index (χ1) is 4.26. The summed E-state index contributed by atoms with van der Waals surface area (Å²) < 4.78 is 0. The van der Waals surface area contributed by atoms with Crippen molar-refractivity contribution in [3.8, 4) is 6.07 Å². The van der Waals surface area contributed by atoms with E-state index in [9.17, 15) is 0 Å². The Morgan fingerprint density at radius 3 is 2.67 bits per heavy atom. The Balaban J connectivity index is 2.23. The highest BCUT2D eigenvalue weighted by atomic mass is 35.5. The van der Waals surface area contributed by atoms with Crippen LogP contribution in [0.2, 0.25) is 0 Å². The Morgan fingerprint density at radius 1 is 1.67 bits per heavy atom. The highest BCUT2D eigenvalue weighted by Crippen LogP contribution is 2.59. The van der Waals surface area contributed by atoms with E-state index in [1.807, 2.05) is 0 Å². The van der Waals surface area contributed by atoms with Gasteiger partial charge in [-0.05, 0) is 31.1 Å². The van der Waals surface area contributed by atoms with Crippen LogP contribution in [0.1, 0.15) is 19.3 Å². The summed E-state index contributed by atoms with van der Waals surface area (Å²) in [4.78, 5) is -0.454. The van der Waals surface area contributed by atoms with Gasteiger partial charge in [0, 0.05) is 0 Å². The van der Waals surface area contributed by atoms with E-state index in [-0.39, 0.29) is 0 Å². The van der Waals surface area contributed by atoms with E-state index >= 15 is 0 Å². The molecule has 2 rings (SSSR count). The summed E-state index contributed by atoms with van der Waals surface area (Å²) in [6, 6.07) is 2.20. The van der Waals surface area contributed by atoms with Crippen molar-refractivity contribution in [3.05, 3.63) is 0 Å². The Hall–Kier alpha value is -0.220. The maximum absolute atomic E-state index is 8.64. The monoisotopic (exact) mass is 141 g/mol. The second kappa shape index (κ2) is 1.44. The number of nitriles is 1. The molecule has 0 heterocycles. The van der Waals surface area contributed by atoms with Crippen molar-refractivity contribution >= 4 is 11.6 Å². The first-order valence-electron chi connectivity index (χ1n) is 3.36. The number of hydrogen-bond donors (Lipinski definition) is 0. The third-order valence-electron chi connectivity index (χ3n) is 2.58. The van der Waals surface area contributed by atoms with Crippen molar-refractivity contribution in [2.24, 2.45) is 11.8 Å². The Labute approximate surface area is 59.6 Å². The van der Waals surface area contributed by atoms with Gasteiger partial charge in [-0.1, -0.05) is 0 Å². The fourth-order valence-electron chi connectivity index (χ4n) is 1.85. The van der Waals surface area contributed by atoms with Crippen LogP contribution in [-0.4, -0.2) is 4.87 Å². The molecule has 0 radical (unpaired) electrons. The lowest BCUT2D eigenvalue weighted by Crippen LogP contribution is -2.17. The molecule has 0 amide bonds. The summed E-state index contributed by atoms with van der Waals surface area (Å²) in [5.74, 6) is 1.35. The second-order valence-electron chi connectivity index (χ2n) is 3.12. The van der Waals surface area contributed by atoms with E-state index in [1.54, 1.807) is 0 Å². The molecule has 0 saturated heterocycles. The van der Waals surface area contributed by atoms with Crippen LogP contribution in [0.25, 0.3) is 0 Å². The van der Waals surface area contributed by atoms with Crippen LogP contribution in [0.4, 0.5) is 0 Å². The molecule has 48 valence electrons. The molecule has 0 N–H and O–H groups in total. The number of halogens is 1. The highest BCUT2D eigenvalue weighted by Gasteiger charge is 2.57. The van der Waals surface area contributed by atoms with Gasteiger partial charge >= 0.3 is 0 Å². The van der Waals surface area contributed by atoms with Crippen LogP contribution >= 0.6 is 11.6 Å². The fourth-order valence-corrected chi connectivity index (χ4v) is 2.22. The smallest absolute Gasteiger partial charge is 0.134 e. The van der Waals surface area contributed by atoms with Gasteiger partial charge in [-0.2, -0.15) is 5.26 Å². The summed E-state index contributed by atoms with van der Waals surface area (Å²) in [7, 11) is 0. The van der Waals surface area contributed by atoms with Crippen molar-refractivity contribution in [2.45, 2.75) is 24.1 Å². The van der Waals surface area contributed by atoms with Gasteiger partial charge in [0.05, 0.1) is 6.07 Å². The van der Waals surface area contributed by atoms with Crippen LogP contribution in [0.5, 0.6) is 0 Å². The second-order valence-corrected chi connectivity index (χ2v) is 3.79. The van der Waals surface area contributed by atoms with Gasteiger partial charge in [-0.3, -0.25) is 0 Å². The van der Waals surface area contributed by atoms with E-state index < -0.39 is 4.87 Å². The molecule has 2 fully saturated rings. The van der Waals surface area contributed by atoms with Crippen molar-refractivity contribution in [2.75, 3.05) is 0 Å². The number of alkyl halides is 1. The van der Waals surface area contributed by atoms with E-state index in [2.05, 4.69) is 6.07 Å². The van der Waals surface area contributed by atoms with Crippen LogP contribution in [0.15, 0.2) is 0 Å². The minimum absolute atomic E-state index is 0.454. The van der Waals surface area contributed by atoms with Gasteiger partial charge in [-0.25, -0.2) is 0 Å².